The number of benzene rings is 4. The maximum atomic E-state index is 13.5. The van der Waals surface area contributed by atoms with Gasteiger partial charge in [0.25, 0.3) is 0 Å². The summed E-state index contributed by atoms with van der Waals surface area (Å²) < 4.78 is 27.0. The molecule has 0 heterocycles. The van der Waals surface area contributed by atoms with E-state index in [-0.39, 0.29) is 17.4 Å². The lowest BCUT2D eigenvalue weighted by molar-refractivity contribution is 0.101. The summed E-state index contributed by atoms with van der Waals surface area (Å²) >= 11 is 7.87. The van der Waals surface area contributed by atoms with E-state index in [9.17, 15) is 13.6 Å². The zero-order valence-corrected chi connectivity index (χ0v) is 19.4. The van der Waals surface area contributed by atoms with E-state index in [1.807, 2.05) is 30.3 Å². The van der Waals surface area contributed by atoms with Crippen LogP contribution in [0.4, 0.5) is 8.78 Å². The molecule has 0 fully saturated rings. The van der Waals surface area contributed by atoms with Crippen molar-refractivity contribution in [3.05, 3.63) is 113 Å². The standard InChI is InChI=1S/C26H18ClF2OS2/c1-17(30)18-2-15-26(25(27)16-18)31-21-7-13-24(14-8-21)32(22-9-3-19(28)4-10-22)23-11-5-20(29)6-12-23/h2-16H,1H3/q+1. The van der Waals surface area contributed by atoms with Crippen LogP contribution in [-0.4, -0.2) is 5.78 Å². The molecule has 4 aromatic carbocycles. The van der Waals surface area contributed by atoms with Gasteiger partial charge in [-0.1, -0.05) is 29.4 Å². The Labute approximate surface area is 197 Å². The zero-order valence-electron chi connectivity index (χ0n) is 17.0. The molecule has 0 aromatic heterocycles. The molecule has 0 spiro atoms. The van der Waals surface area contributed by atoms with E-state index in [0.29, 0.717) is 10.6 Å². The molecule has 0 aliphatic heterocycles. The molecule has 0 radical (unpaired) electrons. The van der Waals surface area contributed by atoms with Crippen molar-refractivity contribution in [1.29, 1.82) is 0 Å². The zero-order chi connectivity index (χ0) is 22.7. The first-order chi connectivity index (χ1) is 15.4. The van der Waals surface area contributed by atoms with Crippen LogP contribution in [0.1, 0.15) is 17.3 Å². The molecule has 32 heavy (non-hydrogen) atoms. The van der Waals surface area contributed by atoms with Crippen LogP contribution in [0, 0.1) is 11.6 Å². The number of halogens is 3. The predicted octanol–water partition coefficient (Wildman–Crippen LogP) is 8.07. The first kappa shape index (κ1) is 22.6. The number of hydrogen-bond donors (Lipinski definition) is 0. The lowest BCUT2D eigenvalue weighted by Crippen LogP contribution is -2.05. The summed E-state index contributed by atoms with van der Waals surface area (Å²) in [6.07, 6.45) is 0. The van der Waals surface area contributed by atoms with Gasteiger partial charge in [-0.05, 0) is 91.9 Å². The third kappa shape index (κ3) is 5.23. The van der Waals surface area contributed by atoms with Crippen LogP contribution in [0.2, 0.25) is 5.02 Å². The van der Waals surface area contributed by atoms with E-state index < -0.39 is 10.9 Å². The fourth-order valence-corrected chi connectivity index (χ4v) is 6.28. The van der Waals surface area contributed by atoms with E-state index in [0.717, 1.165) is 24.5 Å². The van der Waals surface area contributed by atoms with E-state index in [1.54, 1.807) is 36.4 Å². The van der Waals surface area contributed by atoms with Crippen molar-refractivity contribution < 1.29 is 13.6 Å². The minimum atomic E-state index is -0.505. The molecule has 6 heteroatoms. The molecule has 0 amide bonds. The Balaban J connectivity index is 1.64. The van der Waals surface area contributed by atoms with Gasteiger partial charge in [-0.15, -0.1) is 0 Å². The van der Waals surface area contributed by atoms with Gasteiger partial charge >= 0.3 is 0 Å². The summed E-state index contributed by atoms with van der Waals surface area (Å²) in [6, 6.07) is 26.2. The predicted molar refractivity (Wildman–Crippen MR) is 127 cm³/mol. The number of ketones is 1. The van der Waals surface area contributed by atoms with Crippen molar-refractivity contribution in [2.24, 2.45) is 0 Å². The molecule has 0 aliphatic carbocycles. The van der Waals surface area contributed by atoms with Gasteiger partial charge < -0.3 is 0 Å². The van der Waals surface area contributed by atoms with E-state index in [4.69, 9.17) is 11.6 Å². The monoisotopic (exact) mass is 483 g/mol. The number of carbonyl (C=O) groups is 1. The molecule has 0 saturated heterocycles. The third-order valence-electron chi connectivity index (χ3n) is 4.72. The Morgan fingerprint density at radius 1 is 0.750 bits per heavy atom. The molecular formula is C26H18ClF2OS2+. The van der Waals surface area contributed by atoms with Gasteiger partial charge in [-0.3, -0.25) is 4.79 Å². The highest BCUT2D eigenvalue weighted by atomic mass is 35.5. The van der Waals surface area contributed by atoms with Gasteiger partial charge in [-0.2, -0.15) is 0 Å². The van der Waals surface area contributed by atoms with Crippen LogP contribution in [0.15, 0.2) is 115 Å². The Morgan fingerprint density at radius 2 is 1.22 bits per heavy atom. The molecule has 1 nitrogen and oxygen atoms in total. The highest BCUT2D eigenvalue weighted by molar-refractivity contribution is 7.99. The second kappa shape index (κ2) is 9.90. The molecule has 0 N–H and O–H groups in total. The maximum absolute atomic E-state index is 13.5. The van der Waals surface area contributed by atoms with E-state index in [2.05, 4.69) is 0 Å². The topological polar surface area (TPSA) is 17.1 Å². The van der Waals surface area contributed by atoms with Crippen LogP contribution in [-0.2, 0) is 10.9 Å². The number of carbonyl (C=O) groups excluding carboxylic acids is 1. The molecule has 0 unspecified atom stereocenters. The Morgan fingerprint density at radius 3 is 1.66 bits per heavy atom. The van der Waals surface area contributed by atoms with Crippen LogP contribution < -0.4 is 0 Å². The molecular weight excluding hydrogens is 466 g/mol. The Hall–Kier alpha value is -2.60. The quantitative estimate of drug-likeness (QED) is 0.204. The summed E-state index contributed by atoms with van der Waals surface area (Å²) in [5.41, 5.74) is 0.581. The summed E-state index contributed by atoms with van der Waals surface area (Å²) in [4.78, 5) is 16.3. The Bertz CT molecular complexity index is 1200. The second-order valence-electron chi connectivity index (χ2n) is 6.99. The van der Waals surface area contributed by atoms with Crippen LogP contribution in [0.3, 0.4) is 0 Å². The van der Waals surface area contributed by atoms with Crippen LogP contribution >= 0.6 is 23.4 Å². The highest BCUT2D eigenvalue weighted by Gasteiger charge is 2.28. The average Bonchev–Trinajstić information content (AvgIpc) is 2.79. The lowest BCUT2D eigenvalue weighted by Gasteiger charge is -2.09. The first-order valence-electron chi connectivity index (χ1n) is 9.74. The van der Waals surface area contributed by atoms with Gasteiger partial charge in [-0.25, -0.2) is 8.78 Å². The summed E-state index contributed by atoms with van der Waals surface area (Å²) in [5.74, 6) is -0.618. The number of rotatable bonds is 6. The summed E-state index contributed by atoms with van der Waals surface area (Å²) in [7, 11) is -0.505. The molecule has 0 bridgehead atoms. The SMILES string of the molecule is CC(=O)c1ccc(Sc2ccc([S+](c3ccc(F)cc3)c3ccc(F)cc3)cc2)c(Cl)c1. The van der Waals surface area contributed by atoms with Crippen molar-refractivity contribution in [3.8, 4) is 0 Å². The summed E-state index contributed by atoms with van der Waals surface area (Å²) in [5, 5.41) is 0.532. The van der Waals surface area contributed by atoms with Crippen molar-refractivity contribution >= 4 is 40.0 Å². The molecule has 4 rings (SSSR count). The van der Waals surface area contributed by atoms with Gasteiger partial charge in [0.1, 0.15) is 11.6 Å². The van der Waals surface area contributed by atoms with Crippen molar-refractivity contribution in [2.75, 3.05) is 0 Å². The highest BCUT2D eigenvalue weighted by Crippen LogP contribution is 2.36. The lowest BCUT2D eigenvalue weighted by atomic mass is 10.1. The average molecular weight is 484 g/mol. The van der Waals surface area contributed by atoms with Crippen molar-refractivity contribution in [3.63, 3.8) is 0 Å². The van der Waals surface area contributed by atoms with Crippen LogP contribution in [0.5, 0.6) is 0 Å². The Kier molecular flexibility index (Phi) is 6.99. The summed E-state index contributed by atoms with van der Waals surface area (Å²) in [6.45, 7) is 1.51. The van der Waals surface area contributed by atoms with Gasteiger partial charge in [0.15, 0.2) is 20.5 Å². The van der Waals surface area contributed by atoms with E-state index >= 15 is 0 Å². The minimum absolute atomic E-state index is 0.0265. The molecule has 4 aromatic rings. The normalized spacial score (nSPS) is 11.0. The third-order valence-corrected chi connectivity index (χ3v) is 8.46. The van der Waals surface area contributed by atoms with Crippen molar-refractivity contribution in [1.82, 2.24) is 0 Å². The van der Waals surface area contributed by atoms with Crippen molar-refractivity contribution in [2.45, 2.75) is 31.4 Å². The first-order valence-corrected chi connectivity index (χ1v) is 12.2. The number of hydrogen-bond acceptors (Lipinski definition) is 2. The maximum Gasteiger partial charge on any atom is 0.166 e. The smallest absolute Gasteiger partial charge is 0.166 e. The fraction of sp³-hybridized carbons (Fsp3) is 0.0385. The molecule has 160 valence electrons. The minimum Gasteiger partial charge on any atom is -0.295 e. The molecule has 0 aliphatic rings. The van der Waals surface area contributed by atoms with Crippen LogP contribution in [0.25, 0.3) is 0 Å². The number of Topliss-reactive ketones (excluding diaryl/α,β-unsaturated/α-hetero) is 1. The second-order valence-corrected chi connectivity index (χ2v) is 10.5. The largest absolute Gasteiger partial charge is 0.295 e. The van der Waals surface area contributed by atoms with E-state index in [1.165, 1.54) is 43.0 Å². The fourth-order valence-electron chi connectivity index (χ4n) is 3.12. The van der Waals surface area contributed by atoms with Gasteiger partial charge in [0, 0.05) is 15.4 Å². The molecule has 0 atom stereocenters. The van der Waals surface area contributed by atoms with Gasteiger partial charge in [0.2, 0.25) is 0 Å². The van der Waals surface area contributed by atoms with Gasteiger partial charge in [0.05, 0.1) is 15.9 Å². The molecule has 0 saturated carbocycles.